The summed E-state index contributed by atoms with van der Waals surface area (Å²) in [4.78, 5) is 4.56. The number of rotatable bonds is 5. The fraction of sp³-hybridized carbons (Fsp3) is 0.556. The van der Waals surface area contributed by atoms with Crippen LogP contribution in [-0.4, -0.2) is 25.5 Å². The molecule has 1 aromatic carbocycles. The highest BCUT2D eigenvalue weighted by atomic mass is 16.3. The lowest BCUT2D eigenvalue weighted by Gasteiger charge is -2.26. The summed E-state index contributed by atoms with van der Waals surface area (Å²) in [5.74, 6) is 1.88. The van der Waals surface area contributed by atoms with Gasteiger partial charge in [0.2, 0.25) is 0 Å². The molecular formula is C18H25N3O. The molecule has 0 saturated heterocycles. The molecule has 0 amide bonds. The Labute approximate surface area is 132 Å². The second kappa shape index (κ2) is 6.21. The van der Waals surface area contributed by atoms with Crippen LogP contribution >= 0.6 is 0 Å². The fourth-order valence-electron chi connectivity index (χ4n) is 3.59. The minimum Gasteiger partial charge on any atom is -0.389 e. The van der Waals surface area contributed by atoms with E-state index in [1.54, 1.807) is 6.33 Å². The Balaban J connectivity index is 1.98. The Morgan fingerprint density at radius 2 is 1.91 bits per heavy atom. The Bertz CT molecular complexity index is 594. The van der Waals surface area contributed by atoms with Gasteiger partial charge in [0.25, 0.3) is 0 Å². The van der Waals surface area contributed by atoms with E-state index in [0.29, 0.717) is 12.5 Å². The van der Waals surface area contributed by atoms with Crippen molar-refractivity contribution < 1.29 is 5.11 Å². The van der Waals surface area contributed by atoms with Crippen LogP contribution < -0.4 is 0 Å². The van der Waals surface area contributed by atoms with Crippen LogP contribution in [0.1, 0.15) is 56.8 Å². The summed E-state index contributed by atoms with van der Waals surface area (Å²) in [5.41, 5.74) is 0.513. The van der Waals surface area contributed by atoms with Crippen molar-refractivity contribution in [1.29, 1.82) is 0 Å². The van der Waals surface area contributed by atoms with Gasteiger partial charge in [-0.25, -0.2) is 9.67 Å². The van der Waals surface area contributed by atoms with Gasteiger partial charge in [0.15, 0.2) is 0 Å². The first-order chi connectivity index (χ1) is 10.5. The van der Waals surface area contributed by atoms with E-state index in [9.17, 15) is 5.11 Å². The van der Waals surface area contributed by atoms with Crippen molar-refractivity contribution in [3.8, 4) is 0 Å². The molecule has 1 aliphatic carbocycles. The van der Waals surface area contributed by atoms with Crippen LogP contribution in [0.2, 0.25) is 0 Å². The zero-order valence-corrected chi connectivity index (χ0v) is 13.4. The van der Waals surface area contributed by atoms with E-state index in [-0.39, 0.29) is 5.92 Å². The molecule has 22 heavy (non-hydrogen) atoms. The Morgan fingerprint density at radius 3 is 2.55 bits per heavy atom. The SMILES string of the molecule is CC(C)(O)Cn1ncnc1C(c1ccccc1)C1CCCC1. The maximum absolute atomic E-state index is 10.1. The third-order valence-electron chi connectivity index (χ3n) is 4.49. The summed E-state index contributed by atoms with van der Waals surface area (Å²) in [6, 6.07) is 10.6. The highest BCUT2D eigenvalue weighted by Gasteiger charge is 2.32. The second-order valence-corrected chi connectivity index (χ2v) is 7.02. The summed E-state index contributed by atoms with van der Waals surface area (Å²) >= 11 is 0. The molecule has 2 aromatic rings. The lowest BCUT2D eigenvalue weighted by atomic mass is 9.84. The topological polar surface area (TPSA) is 50.9 Å². The van der Waals surface area contributed by atoms with Crippen LogP contribution in [0.15, 0.2) is 36.7 Å². The number of hydrogen-bond acceptors (Lipinski definition) is 3. The highest BCUT2D eigenvalue weighted by molar-refractivity contribution is 5.27. The second-order valence-electron chi connectivity index (χ2n) is 7.02. The first-order valence-corrected chi connectivity index (χ1v) is 8.19. The number of aromatic nitrogens is 3. The molecule has 1 N–H and O–H groups in total. The monoisotopic (exact) mass is 299 g/mol. The first-order valence-electron chi connectivity index (χ1n) is 8.19. The van der Waals surface area contributed by atoms with Crippen molar-refractivity contribution in [3.63, 3.8) is 0 Å². The quantitative estimate of drug-likeness (QED) is 0.921. The molecular weight excluding hydrogens is 274 g/mol. The van der Waals surface area contributed by atoms with Crippen molar-refractivity contribution in [2.24, 2.45) is 5.92 Å². The highest BCUT2D eigenvalue weighted by Crippen LogP contribution is 2.40. The van der Waals surface area contributed by atoms with E-state index < -0.39 is 5.60 Å². The first kappa shape index (κ1) is 15.2. The molecule has 118 valence electrons. The molecule has 1 saturated carbocycles. The molecule has 3 rings (SSSR count). The average Bonchev–Trinajstić information content (AvgIpc) is 3.12. The van der Waals surface area contributed by atoms with Crippen LogP contribution in [-0.2, 0) is 6.54 Å². The fourth-order valence-corrected chi connectivity index (χ4v) is 3.59. The normalized spacial score (nSPS) is 17.8. The predicted octanol–water partition coefficient (Wildman–Crippen LogP) is 3.37. The summed E-state index contributed by atoms with van der Waals surface area (Å²) in [6.07, 6.45) is 6.71. The van der Waals surface area contributed by atoms with E-state index in [1.807, 2.05) is 18.5 Å². The molecule has 0 spiro atoms. The number of aliphatic hydroxyl groups is 1. The van der Waals surface area contributed by atoms with Gasteiger partial charge in [0.05, 0.1) is 12.1 Å². The van der Waals surface area contributed by atoms with Crippen LogP contribution in [0, 0.1) is 5.92 Å². The molecule has 1 atom stereocenters. The van der Waals surface area contributed by atoms with Gasteiger partial charge in [-0.05, 0) is 38.2 Å². The number of benzene rings is 1. The molecule has 1 unspecified atom stereocenters. The van der Waals surface area contributed by atoms with Gasteiger partial charge in [0, 0.05) is 5.92 Å². The minimum absolute atomic E-state index is 0.272. The summed E-state index contributed by atoms with van der Waals surface area (Å²) in [7, 11) is 0. The Hall–Kier alpha value is -1.68. The number of nitrogens with zero attached hydrogens (tertiary/aromatic N) is 3. The van der Waals surface area contributed by atoms with Crippen LogP contribution in [0.25, 0.3) is 0 Å². The lowest BCUT2D eigenvalue weighted by Crippen LogP contribution is -2.29. The molecule has 4 heteroatoms. The van der Waals surface area contributed by atoms with Crippen molar-refractivity contribution in [2.75, 3.05) is 0 Å². The molecule has 1 fully saturated rings. The number of hydrogen-bond donors (Lipinski definition) is 1. The predicted molar refractivity (Wildman–Crippen MR) is 86.6 cm³/mol. The standard InChI is InChI=1S/C18H25N3O/c1-18(2,22)12-21-17(19-13-20-21)16(15-10-6-7-11-15)14-8-4-3-5-9-14/h3-5,8-9,13,15-16,22H,6-7,10-12H2,1-2H3. The minimum atomic E-state index is -0.792. The largest absolute Gasteiger partial charge is 0.389 e. The van der Waals surface area contributed by atoms with E-state index >= 15 is 0 Å². The van der Waals surface area contributed by atoms with Gasteiger partial charge in [-0.15, -0.1) is 0 Å². The van der Waals surface area contributed by atoms with E-state index in [0.717, 1.165) is 5.82 Å². The molecule has 0 aliphatic heterocycles. The molecule has 1 aliphatic rings. The maximum atomic E-state index is 10.1. The lowest BCUT2D eigenvalue weighted by molar-refractivity contribution is 0.0561. The third kappa shape index (κ3) is 3.38. The molecule has 4 nitrogen and oxygen atoms in total. The van der Waals surface area contributed by atoms with Gasteiger partial charge < -0.3 is 5.11 Å². The Morgan fingerprint density at radius 1 is 1.23 bits per heavy atom. The van der Waals surface area contributed by atoms with E-state index in [2.05, 4.69) is 40.4 Å². The third-order valence-corrected chi connectivity index (χ3v) is 4.49. The van der Waals surface area contributed by atoms with Crippen molar-refractivity contribution >= 4 is 0 Å². The van der Waals surface area contributed by atoms with Crippen molar-refractivity contribution in [2.45, 2.75) is 57.6 Å². The van der Waals surface area contributed by atoms with E-state index in [4.69, 9.17) is 0 Å². The maximum Gasteiger partial charge on any atom is 0.138 e. The van der Waals surface area contributed by atoms with Crippen LogP contribution in [0.3, 0.4) is 0 Å². The van der Waals surface area contributed by atoms with Gasteiger partial charge >= 0.3 is 0 Å². The average molecular weight is 299 g/mol. The van der Waals surface area contributed by atoms with Gasteiger partial charge in [-0.3, -0.25) is 0 Å². The molecule has 0 bridgehead atoms. The zero-order valence-electron chi connectivity index (χ0n) is 13.4. The van der Waals surface area contributed by atoms with Crippen LogP contribution in [0.4, 0.5) is 0 Å². The van der Waals surface area contributed by atoms with Gasteiger partial charge in [0.1, 0.15) is 12.2 Å². The smallest absolute Gasteiger partial charge is 0.138 e. The summed E-state index contributed by atoms with van der Waals surface area (Å²) < 4.78 is 1.88. The Kier molecular flexibility index (Phi) is 4.30. The van der Waals surface area contributed by atoms with E-state index in [1.165, 1.54) is 31.2 Å². The van der Waals surface area contributed by atoms with Gasteiger partial charge in [-0.1, -0.05) is 43.2 Å². The summed E-state index contributed by atoms with van der Waals surface area (Å²) in [6.45, 7) is 4.09. The van der Waals surface area contributed by atoms with Crippen molar-refractivity contribution in [3.05, 3.63) is 48.0 Å². The molecule has 1 heterocycles. The molecule has 0 radical (unpaired) electrons. The molecule has 1 aromatic heterocycles. The van der Waals surface area contributed by atoms with Crippen molar-refractivity contribution in [1.82, 2.24) is 14.8 Å². The van der Waals surface area contributed by atoms with Gasteiger partial charge in [-0.2, -0.15) is 5.10 Å². The zero-order chi connectivity index (χ0) is 15.6. The van der Waals surface area contributed by atoms with Crippen LogP contribution in [0.5, 0.6) is 0 Å². The summed E-state index contributed by atoms with van der Waals surface area (Å²) in [5, 5.41) is 14.5.